The van der Waals surface area contributed by atoms with Crippen molar-refractivity contribution in [3.8, 4) is 22.3 Å². The molecule has 11 rings (SSSR count). The monoisotopic (exact) mass is 812 g/mol. The van der Waals surface area contributed by atoms with Crippen molar-refractivity contribution in [1.29, 1.82) is 0 Å². The highest BCUT2D eigenvalue weighted by Crippen LogP contribution is 2.57. The summed E-state index contributed by atoms with van der Waals surface area (Å²) >= 11 is 6.80. The molecule has 0 N–H and O–H groups in total. The zero-order valence-electron chi connectivity index (χ0n) is 33.9. The van der Waals surface area contributed by atoms with Gasteiger partial charge in [0.15, 0.2) is 0 Å². The van der Waals surface area contributed by atoms with Crippen LogP contribution in [0.1, 0.15) is 22.3 Å². The topological polar surface area (TPSA) is 6.48 Å². The van der Waals surface area contributed by atoms with E-state index < -0.39 is 5.41 Å². The van der Waals surface area contributed by atoms with Crippen LogP contribution in [-0.2, 0) is 5.41 Å². The molecule has 1 aliphatic carbocycles. The molecule has 0 saturated carbocycles. The quantitative estimate of drug-likeness (QED) is 0.143. The lowest BCUT2D eigenvalue weighted by Crippen LogP contribution is -2.28. The van der Waals surface area contributed by atoms with E-state index in [0.29, 0.717) is 5.02 Å². The number of anilines is 6. The van der Waals surface area contributed by atoms with E-state index in [1.165, 1.54) is 55.3 Å². The van der Waals surface area contributed by atoms with E-state index in [9.17, 15) is 0 Å². The van der Waals surface area contributed by atoms with Crippen molar-refractivity contribution in [3.63, 3.8) is 0 Å². The summed E-state index contributed by atoms with van der Waals surface area (Å²) in [5, 5.41) is 3.13. The van der Waals surface area contributed by atoms with Gasteiger partial charge in [-0.05, 0) is 134 Å². The van der Waals surface area contributed by atoms with E-state index >= 15 is 0 Å². The maximum atomic E-state index is 6.80. The fraction of sp³-hybridized carbons (Fsp3) is 0.0169. The minimum atomic E-state index is -0.573. The van der Waals surface area contributed by atoms with E-state index in [0.717, 1.165) is 34.1 Å². The Bertz CT molecular complexity index is 3160. The van der Waals surface area contributed by atoms with Crippen molar-refractivity contribution in [2.75, 3.05) is 9.80 Å². The first-order chi connectivity index (χ1) is 30.6. The lowest BCUT2D eigenvalue weighted by atomic mass is 9.67. The number of hydrogen-bond donors (Lipinski definition) is 0. The van der Waals surface area contributed by atoms with E-state index in [2.05, 4.69) is 246 Å². The van der Waals surface area contributed by atoms with Crippen molar-refractivity contribution in [3.05, 3.63) is 276 Å². The molecular weight excluding hydrogens is 772 g/mol. The van der Waals surface area contributed by atoms with Gasteiger partial charge in [0.2, 0.25) is 0 Å². The second kappa shape index (κ2) is 15.7. The van der Waals surface area contributed by atoms with Gasteiger partial charge in [-0.15, -0.1) is 0 Å². The molecule has 3 heteroatoms. The zero-order valence-corrected chi connectivity index (χ0v) is 34.7. The molecule has 0 bridgehead atoms. The number of nitrogens with zero attached hydrogens (tertiary/aromatic N) is 2. The van der Waals surface area contributed by atoms with Crippen LogP contribution in [0.2, 0.25) is 5.02 Å². The van der Waals surface area contributed by atoms with Gasteiger partial charge >= 0.3 is 0 Å². The van der Waals surface area contributed by atoms with Crippen LogP contribution in [0.15, 0.2) is 249 Å². The van der Waals surface area contributed by atoms with Gasteiger partial charge in [-0.1, -0.05) is 181 Å². The molecule has 0 saturated heterocycles. The van der Waals surface area contributed by atoms with Gasteiger partial charge in [0.1, 0.15) is 0 Å². The molecule has 0 aromatic heterocycles. The van der Waals surface area contributed by atoms with E-state index in [1.54, 1.807) is 0 Å². The van der Waals surface area contributed by atoms with Gasteiger partial charge in [-0.2, -0.15) is 0 Å². The smallest absolute Gasteiger partial charge is 0.0713 e. The fourth-order valence-electron chi connectivity index (χ4n) is 9.60. The maximum Gasteiger partial charge on any atom is 0.0713 e. The largest absolute Gasteiger partial charge is 0.310 e. The number of rotatable bonds is 9. The normalized spacial score (nSPS) is 14.0. The Labute approximate surface area is 368 Å². The first-order valence-electron chi connectivity index (χ1n) is 21.1. The molecule has 0 radical (unpaired) electrons. The maximum absolute atomic E-state index is 6.80. The van der Waals surface area contributed by atoms with Gasteiger partial charge in [0, 0.05) is 39.1 Å². The Kier molecular flexibility index (Phi) is 9.49. The molecule has 0 fully saturated rings. The summed E-state index contributed by atoms with van der Waals surface area (Å²) < 4.78 is 0. The third-order valence-corrected chi connectivity index (χ3v) is 12.6. The van der Waals surface area contributed by atoms with Crippen molar-refractivity contribution < 1.29 is 0 Å². The summed E-state index contributed by atoms with van der Waals surface area (Å²) in [6, 6.07) is 89.6. The Morgan fingerprint density at radius 2 is 0.790 bits per heavy atom. The van der Waals surface area contributed by atoms with Crippen LogP contribution < -0.4 is 9.80 Å². The Morgan fingerprint density at radius 1 is 0.290 bits per heavy atom. The fourth-order valence-corrected chi connectivity index (χ4v) is 9.79. The van der Waals surface area contributed by atoms with Gasteiger partial charge in [-0.3, -0.25) is 0 Å². The lowest BCUT2D eigenvalue weighted by molar-refractivity contribution is 0.770. The second-order valence-corrected chi connectivity index (χ2v) is 16.3. The Balaban J connectivity index is 1.12. The average Bonchev–Trinajstić information content (AvgIpc) is 3.63. The van der Waals surface area contributed by atoms with Gasteiger partial charge in [0.05, 0.1) is 5.41 Å². The molecule has 0 amide bonds. The second-order valence-electron chi connectivity index (χ2n) is 15.9. The summed E-state index contributed by atoms with van der Waals surface area (Å²) in [5.41, 5.74) is 15.5. The van der Waals surface area contributed by atoms with E-state index in [4.69, 9.17) is 11.6 Å². The molecular formula is C59H41ClN2. The lowest BCUT2D eigenvalue weighted by Gasteiger charge is -2.34. The summed E-state index contributed by atoms with van der Waals surface area (Å²) in [6.07, 6.45) is 0. The molecule has 2 nitrogen and oxygen atoms in total. The van der Waals surface area contributed by atoms with Gasteiger partial charge in [0.25, 0.3) is 0 Å². The Morgan fingerprint density at radius 3 is 1.48 bits per heavy atom. The van der Waals surface area contributed by atoms with Crippen molar-refractivity contribution in [2.45, 2.75) is 5.41 Å². The molecule has 1 unspecified atom stereocenters. The highest BCUT2D eigenvalue weighted by Gasteiger charge is 2.46. The predicted octanol–water partition coefficient (Wildman–Crippen LogP) is 16.5. The van der Waals surface area contributed by atoms with Gasteiger partial charge < -0.3 is 9.80 Å². The third kappa shape index (κ3) is 6.44. The molecule has 1 atom stereocenters. The first kappa shape index (κ1) is 37.4. The number of halogens is 1. The third-order valence-electron chi connectivity index (χ3n) is 12.3. The standard InChI is InChI=1S/C59H41ClN2/c60-48-20-14-25-51(39-48)62(53-27-15-26-52(40-53)61(49-21-6-2-7-22-49)50-23-8-3-9-24-50)54-36-37-58-56(41-54)55-28-12-13-29-57(55)59(58,47-35-32-43-18-10-11-19-45(43)38-47)46-33-30-44(31-34-46)42-16-4-1-5-17-42/h1-41H. The van der Waals surface area contributed by atoms with Crippen LogP contribution in [0, 0.1) is 0 Å². The molecule has 1 aliphatic rings. The zero-order chi connectivity index (χ0) is 41.5. The SMILES string of the molecule is Clc1cccc(N(c2cccc(N(c3ccccc3)c3ccccc3)c2)c2ccc3c(c2)-c2ccccc2C3(c2ccc(-c3ccccc3)cc2)c2ccc3ccccc3c2)c1. The van der Waals surface area contributed by atoms with Crippen LogP contribution in [0.25, 0.3) is 33.0 Å². The Hall–Kier alpha value is -7.65. The van der Waals surface area contributed by atoms with E-state index in [1.807, 2.05) is 12.1 Å². The number of hydrogen-bond acceptors (Lipinski definition) is 2. The molecule has 62 heavy (non-hydrogen) atoms. The minimum Gasteiger partial charge on any atom is -0.310 e. The average molecular weight is 813 g/mol. The van der Waals surface area contributed by atoms with Crippen LogP contribution in [0.3, 0.4) is 0 Å². The van der Waals surface area contributed by atoms with E-state index in [-0.39, 0.29) is 0 Å². The molecule has 0 heterocycles. The van der Waals surface area contributed by atoms with Crippen molar-refractivity contribution in [2.24, 2.45) is 0 Å². The minimum absolute atomic E-state index is 0.573. The van der Waals surface area contributed by atoms with Crippen LogP contribution in [-0.4, -0.2) is 0 Å². The number of fused-ring (bicyclic) bond motifs is 4. The summed E-state index contributed by atoms with van der Waals surface area (Å²) in [5.74, 6) is 0. The van der Waals surface area contributed by atoms with Crippen LogP contribution in [0.5, 0.6) is 0 Å². The first-order valence-corrected chi connectivity index (χ1v) is 21.5. The molecule has 10 aromatic carbocycles. The molecule has 294 valence electrons. The highest BCUT2D eigenvalue weighted by atomic mass is 35.5. The van der Waals surface area contributed by atoms with Crippen LogP contribution >= 0.6 is 11.6 Å². The van der Waals surface area contributed by atoms with Crippen molar-refractivity contribution >= 4 is 56.5 Å². The number of para-hydroxylation sites is 2. The van der Waals surface area contributed by atoms with Crippen molar-refractivity contribution in [1.82, 2.24) is 0 Å². The summed E-state index contributed by atoms with van der Waals surface area (Å²) in [7, 11) is 0. The molecule has 0 aliphatic heterocycles. The van der Waals surface area contributed by atoms with Gasteiger partial charge in [-0.25, -0.2) is 0 Å². The summed E-state index contributed by atoms with van der Waals surface area (Å²) in [6.45, 7) is 0. The highest BCUT2D eigenvalue weighted by molar-refractivity contribution is 6.30. The van der Waals surface area contributed by atoms with Crippen LogP contribution in [0.4, 0.5) is 34.1 Å². The predicted molar refractivity (Wildman–Crippen MR) is 261 cm³/mol. The molecule has 10 aromatic rings. The number of benzene rings is 10. The molecule has 0 spiro atoms. The summed E-state index contributed by atoms with van der Waals surface area (Å²) in [4.78, 5) is 4.64.